The molecular weight excluding hydrogens is 436 g/mol. The van der Waals surface area contributed by atoms with Gasteiger partial charge in [-0.15, -0.1) is 11.8 Å². The van der Waals surface area contributed by atoms with Gasteiger partial charge in [-0.2, -0.15) is 0 Å². The van der Waals surface area contributed by atoms with Crippen molar-refractivity contribution in [2.75, 3.05) is 5.75 Å². The molecule has 170 valence electrons. The molecule has 1 fully saturated rings. The molecule has 0 aliphatic carbocycles. The molecule has 2 aromatic heterocycles. The second-order valence-electron chi connectivity index (χ2n) is 7.25. The van der Waals surface area contributed by atoms with Crippen LogP contribution in [0.4, 0.5) is 0 Å². The lowest BCUT2D eigenvalue weighted by Crippen LogP contribution is -2.55. The van der Waals surface area contributed by atoms with Crippen LogP contribution in [0.3, 0.4) is 0 Å². The first-order valence-electron chi connectivity index (χ1n) is 9.91. The number of thioether (sulfide) groups is 1. The second-order valence-corrected chi connectivity index (χ2v) is 8.38. The van der Waals surface area contributed by atoms with Gasteiger partial charge >= 0.3 is 17.9 Å². The van der Waals surface area contributed by atoms with E-state index in [0.717, 1.165) is 16.8 Å². The smallest absolute Gasteiger partial charge is 0.303 e. The zero-order chi connectivity index (χ0) is 23.3. The number of hydrogen-bond acceptors (Lipinski definition) is 10. The predicted molar refractivity (Wildman–Crippen MR) is 116 cm³/mol. The number of carbonyl (C=O) groups is 3. The summed E-state index contributed by atoms with van der Waals surface area (Å²) in [6, 6.07) is 5.60. The lowest BCUT2D eigenvalue weighted by molar-refractivity contribution is -0.186. The molecule has 10 heteroatoms. The minimum atomic E-state index is -1.01. The topological polar surface area (TPSA) is 114 Å². The van der Waals surface area contributed by atoms with Crippen molar-refractivity contribution in [1.82, 2.24) is 9.97 Å². The third kappa shape index (κ3) is 6.19. The fourth-order valence-corrected chi connectivity index (χ4v) is 4.42. The van der Waals surface area contributed by atoms with E-state index in [9.17, 15) is 14.4 Å². The zero-order valence-corrected chi connectivity index (χ0v) is 19.0. The molecule has 0 unspecified atom stereocenters. The van der Waals surface area contributed by atoms with Crippen molar-refractivity contribution in [3.8, 4) is 17.0 Å². The molecule has 1 aliphatic heterocycles. The van der Waals surface area contributed by atoms with Crippen LogP contribution < -0.4 is 4.74 Å². The van der Waals surface area contributed by atoms with Gasteiger partial charge in [0.15, 0.2) is 23.7 Å². The van der Waals surface area contributed by atoms with Gasteiger partial charge in [-0.05, 0) is 24.6 Å². The molecular formula is C22H24N2O7S. The molecule has 9 nitrogen and oxygen atoms in total. The van der Waals surface area contributed by atoms with E-state index in [-0.39, 0.29) is 5.75 Å². The Bertz CT molecular complexity index is 982. The number of hydrogen-bond donors (Lipinski definition) is 0. The maximum Gasteiger partial charge on any atom is 0.303 e. The van der Waals surface area contributed by atoms with Gasteiger partial charge in [0, 0.05) is 44.5 Å². The summed E-state index contributed by atoms with van der Waals surface area (Å²) in [7, 11) is 0. The molecule has 3 rings (SSSR count). The van der Waals surface area contributed by atoms with Crippen molar-refractivity contribution in [3.63, 3.8) is 0 Å². The number of ether oxygens (including phenoxy) is 4. The number of aromatic nitrogens is 2. The highest BCUT2D eigenvalue weighted by Crippen LogP contribution is 2.34. The van der Waals surface area contributed by atoms with Crippen LogP contribution in [0, 0.1) is 6.92 Å². The largest absolute Gasteiger partial charge is 0.474 e. The van der Waals surface area contributed by atoms with Crippen molar-refractivity contribution >= 4 is 29.7 Å². The third-order valence-corrected chi connectivity index (χ3v) is 5.69. The monoisotopic (exact) mass is 460 g/mol. The van der Waals surface area contributed by atoms with Crippen molar-refractivity contribution in [2.24, 2.45) is 0 Å². The van der Waals surface area contributed by atoms with Gasteiger partial charge in [0.05, 0.1) is 11.9 Å². The minimum absolute atomic E-state index is 0.284. The third-order valence-electron chi connectivity index (χ3n) is 4.48. The highest BCUT2D eigenvalue weighted by Gasteiger charge is 2.47. The molecule has 32 heavy (non-hydrogen) atoms. The van der Waals surface area contributed by atoms with Crippen LogP contribution in [0.2, 0.25) is 0 Å². The molecule has 4 atom stereocenters. The first-order valence-corrected chi connectivity index (χ1v) is 11.0. The lowest BCUT2D eigenvalue weighted by atomic mass is 10.1. The van der Waals surface area contributed by atoms with E-state index in [1.165, 1.54) is 38.7 Å². The van der Waals surface area contributed by atoms with Gasteiger partial charge in [0.1, 0.15) is 5.75 Å². The molecule has 2 aromatic rings. The molecule has 0 radical (unpaired) electrons. The van der Waals surface area contributed by atoms with Crippen LogP contribution in [-0.4, -0.2) is 57.4 Å². The van der Waals surface area contributed by atoms with Crippen molar-refractivity contribution < 1.29 is 33.3 Å². The Hall–Kier alpha value is -3.14. The van der Waals surface area contributed by atoms with E-state index < -0.39 is 41.7 Å². The van der Waals surface area contributed by atoms with Gasteiger partial charge in [-0.1, -0.05) is 6.07 Å². The Labute approximate surface area is 189 Å². The van der Waals surface area contributed by atoms with E-state index in [1.54, 1.807) is 18.5 Å². The average molecular weight is 461 g/mol. The second kappa shape index (κ2) is 10.4. The summed E-state index contributed by atoms with van der Waals surface area (Å²) >= 11 is 1.28. The van der Waals surface area contributed by atoms with Gasteiger partial charge in [0.25, 0.3) is 0 Å². The van der Waals surface area contributed by atoms with Crippen LogP contribution in [0.25, 0.3) is 11.3 Å². The van der Waals surface area contributed by atoms with E-state index in [4.69, 9.17) is 18.9 Å². The van der Waals surface area contributed by atoms with Crippen LogP contribution in [-0.2, 0) is 28.6 Å². The Morgan fingerprint density at radius 2 is 1.62 bits per heavy atom. The number of nitrogens with zero attached hydrogens (tertiary/aromatic N) is 2. The molecule has 3 heterocycles. The summed E-state index contributed by atoms with van der Waals surface area (Å²) in [6.07, 6.45) is 2.16. The van der Waals surface area contributed by atoms with Crippen LogP contribution in [0.15, 0.2) is 36.8 Å². The number of esters is 3. The number of aryl methyl sites for hydroxylation is 1. The summed E-state index contributed by atoms with van der Waals surface area (Å²) in [5, 5.41) is 0. The van der Waals surface area contributed by atoms with E-state index >= 15 is 0 Å². The fraction of sp³-hybridized carbons (Fsp3) is 0.409. The minimum Gasteiger partial charge on any atom is -0.474 e. The quantitative estimate of drug-likeness (QED) is 0.471. The molecule has 1 saturated heterocycles. The normalized spacial score (nSPS) is 22.5. The summed E-state index contributed by atoms with van der Waals surface area (Å²) in [5.41, 5.74) is 1.80. The van der Waals surface area contributed by atoms with E-state index in [2.05, 4.69) is 9.97 Å². The summed E-state index contributed by atoms with van der Waals surface area (Å²) in [6.45, 7) is 5.68. The average Bonchev–Trinajstić information content (AvgIpc) is 2.72. The highest BCUT2D eigenvalue weighted by atomic mass is 32.2. The highest BCUT2D eigenvalue weighted by molar-refractivity contribution is 7.99. The summed E-state index contributed by atoms with van der Waals surface area (Å²) in [5.74, 6) is -1.00. The van der Waals surface area contributed by atoms with Crippen molar-refractivity contribution in [2.45, 2.75) is 51.4 Å². The Balaban J connectivity index is 1.86. The SMILES string of the molecule is CC(=O)O[C@@H]1[C@@H](OC(C)=O)[C@@H](Oc2cncc(-c3ccc(C)cn3)c2)SC[C@H]1OC(C)=O. The van der Waals surface area contributed by atoms with Crippen LogP contribution in [0.5, 0.6) is 5.75 Å². The van der Waals surface area contributed by atoms with Gasteiger partial charge in [-0.3, -0.25) is 24.4 Å². The predicted octanol–water partition coefficient (Wildman–Crippen LogP) is 2.70. The first kappa shape index (κ1) is 23.5. The lowest BCUT2D eigenvalue weighted by Gasteiger charge is -2.39. The summed E-state index contributed by atoms with van der Waals surface area (Å²) in [4.78, 5) is 43.6. The number of rotatable bonds is 6. The van der Waals surface area contributed by atoms with Crippen molar-refractivity contribution in [1.29, 1.82) is 0 Å². The molecule has 0 spiro atoms. The van der Waals surface area contributed by atoms with Gasteiger partial charge in [-0.25, -0.2) is 0 Å². The number of pyridine rings is 2. The van der Waals surface area contributed by atoms with E-state index in [1.807, 2.05) is 19.1 Å². The molecule has 0 bridgehead atoms. The molecule has 0 N–H and O–H groups in total. The maximum atomic E-state index is 11.8. The van der Waals surface area contributed by atoms with E-state index in [0.29, 0.717) is 5.75 Å². The van der Waals surface area contributed by atoms with Gasteiger partial charge in [0.2, 0.25) is 0 Å². The van der Waals surface area contributed by atoms with Gasteiger partial charge < -0.3 is 18.9 Å². The van der Waals surface area contributed by atoms with Crippen LogP contribution >= 0.6 is 11.8 Å². The Kier molecular flexibility index (Phi) is 7.68. The van der Waals surface area contributed by atoms with Crippen molar-refractivity contribution in [3.05, 3.63) is 42.4 Å². The zero-order valence-electron chi connectivity index (χ0n) is 18.1. The molecule has 0 amide bonds. The molecule has 0 saturated carbocycles. The molecule has 1 aliphatic rings. The van der Waals surface area contributed by atoms with Crippen LogP contribution in [0.1, 0.15) is 26.3 Å². The number of carbonyl (C=O) groups excluding carboxylic acids is 3. The Morgan fingerprint density at radius 3 is 2.25 bits per heavy atom. The summed E-state index contributed by atoms with van der Waals surface area (Å²) < 4.78 is 22.2. The standard InChI is InChI=1S/C22H24N2O7S/c1-12-5-6-18(24-8-12)16-7-17(10-23-9-16)31-22-21(30-15(4)27)20(29-14(3)26)19(11-32-22)28-13(2)25/h5-10,19-22H,11H2,1-4H3/t19-,20+,21-,22+/m1/s1. The first-order chi connectivity index (χ1) is 15.2. The Morgan fingerprint density at radius 1 is 0.938 bits per heavy atom. The maximum absolute atomic E-state index is 11.8. The fourth-order valence-electron chi connectivity index (χ4n) is 3.21. The molecule has 0 aromatic carbocycles.